The third-order valence-electron chi connectivity index (χ3n) is 3.66. The number of nitrogens with one attached hydrogen (secondary N) is 2. The van der Waals surface area contributed by atoms with Crippen molar-refractivity contribution in [2.24, 2.45) is 15.5 Å². The van der Waals surface area contributed by atoms with Crippen LogP contribution in [-0.4, -0.2) is 19.2 Å². The molecule has 0 amide bonds. The lowest BCUT2D eigenvalue weighted by Gasteiger charge is -2.24. The number of hydrazone groups is 1. The first-order chi connectivity index (χ1) is 9.98. The minimum atomic E-state index is 0.333. The van der Waals surface area contributed by atoms with E-state index in [2.05, 4.69) is 72.6 Å². The Morgan fingerprint density at radius 1 is 1.29 bits per heavy atom. The molecule has 4 heteroatoms. The van der Waals surface area contributed by atoms with Crippen LogP contribution in [0.4, 0.5) is 0 Å². The molecular weight excluding hydrogens is 260 g/mol. The lowest BCUT2D eigenvalue weighted by atomic mass is 9.87. The molecule has 1 aromatic carbocycles. The van der Waals surface area contributed by atoms with Gasteiger partial charge in [-0.15, -0.1) is 0 Å². The number of benzene rings is 1. The molecular formula is C17H26N4. The normalized spacial score (nSPS) is 15.1. The van der Waals surface area contributed by atoms with Crippen LogP contribution in [-0.2, 0) is 6.42 Å². The molecule has 21 heavy (non-hydrogen) atoms. The topological polar surface area (TPSA) is 58.7 Å². The summed E-state index contributed by atoms with van der Waals surface area (Å²) in [5, 5.41) is 7.45. The van der Waals surface area contributed by atoms with Gasteiger partial charge in [-0.2, -0.15) is 5.10 Å². The number of rotatable bonds is 8. The van der Waals surface area contributed by atoms with E-state index in [1.165, 1.54) is 17.5 Å². The summed E-state index contributed by atoms with van der Waals surface area (Å²) in [7, 11) is 0. The van der Waals surface area contributed by atoms with E-state index >= 15 is 0 Å². The predicted octanol–water partition coefficient (Wildman–Crippen LogP) is 3.26. The molecule has 2 rings (SSSR count). The van der Waals surface area contributed by atoms with Crippen molar-refractivity contribution in [3.63, 3.8) is 0 Å². The van der Waals surface area contributed by atoms with Crippen LogP contribution in [0.5, 0.6) is 0 Å². The fourth-order valence-electron chi connectivity index (χ4n) is 2.32. The molecule has 0 fully saturated rings. The Morgan fingerprint density at radius 2 is 1.95 bits per heavy atom. The van der Waals surface area contributed by atoms with Crippen LogP contribution < -0.4 is 10.7 Å². The van der Waals surface area contributed by atoms with E-state index in [0.717, 1.165) is 18.7 Å². The average molecular weight is 286 g/mol. The van der Waals surface area contributed by atoms with Gasteiger partial charge in [0.25, 0.3) is 0 Å². The lowest BCUT2D eigenvalue weighted by Crippen LogP contribution is -2.23. The highest BCUT2D eigenvalue weighted by Crippen LogP contribution is 2.27. The van der Waals surface area contributed by atoms with Crippen molar-refractivity contribution < 1.29 is 0 Å². The van der Waals surface area contributed by atoms with Crippen LogP contribution in [0.2, 0.25) is 0 Å². The summed E-state index contributed by atoms with van der Waals surface area (Å²) in [4.78, 5) is 3.93. The summed E-state index contributed by atoms with van der Waals surface area (Å²) in [5.74, 6) is 1.07. The van der Waals surface area contributed by atoms with Crippen molar-refractivity contribution in [1.82, 2.24) is 10.7 Å². The molecule has 0 radical (unpaired) electrons. The standard InChI is InChI=1S/C17H26N4/c1-17(2,3)10-9-15(19-12-18-4)14-7-5-13(6-8-14)11-16-20-21-16/h5-8,15,19H,4,9-12H2,1-3H3,(H,20,21). The van der Waals surface area contributed by atoms with E-state index in [-0.39, 0.29) is 0 Å². The second-order valence-electron chi connectivity index (χ2n) is 6.83. The number of hydrogen-bond acceptors (Lipinski definition) is 4. The third kappa shape index (κ3) is 5.68. The van der Waals surface area contributed by atoms with Gasteiger partial charge in [0.05, 0.1) is 6.67 Å². The van der Waals surface area contributed by atoms with Gasteiger partial charge < -0.3 is 0 Å². The molecule has 4 nitrogen and oxygen atoms in total. The van der Waals surface area contributed by atoms with Crippen molar-refractivity contribution in [2.75, 3.05) is 6.67 Å². The van der Waals surface area contributed by atoms with Crippen LogP contribution in [0.15, 0.2) is 34.4 Å². The molecule has 2 N–H and O–H groups in total. The van der Waals surface area contributed by atoms with Crippen molar-refractivity contribution in [1.29, 1.82) is 0 Å². The van der Waals surface area contributed by atoms with Gasteiger partial charge in [0.1, 0.15) is 5.84 Å². The molecule has 1 aliphatic rings. The van der Waals surface area contributed by atoms with Crippen molar-refractivity contribution >= 4 is 12.6 Å². The van der Waals surface area contributed by atoms with Gasteiger partial charge in [-0.05, 0) is 36.1 Å². The van der Waals surface area contributed by atoms with Crippen molar-refractivity contribution in [3.8, 4) is 0 Å². The second-order valence-corrected chi connectivity index (χ2v) is 6.83. The smallest absolute Gasteiger partial charge is 0.147 e. The number of hydrogen-bond donors (Lipinski definition) is 2. The molecule has 0 saturated carbocycles. The third-order valence-corrected chi connectivity index (χ3v) is 3.66. The van der Waals surface area contributed by atoms with Crippen LogP contribution in [0.25, 0.3) is 0 Å². The first-order valence-corrected chi connectivity index (χ1v) is 7.55. The van der Waals surface area contributed by atoms with E-state index in [9.17, 15) is 0 Å². The highest BCUT2D eigenvalue weighted by molar-refractivity contribution is 5.92. The second kappa shape index (κ2) is 6.85. The number of aliphatic imine (C=N–C) groups is 1. The Morgan fingerprint density at radius 3 is 2.48 bits per heavy atom. The van der Waals surface area contributed by atoms with Gasteiger partial charge in [-0.25, -0.2) is 0 Å². The lowest BCUT2D eigenvalue weighted by molar-refractivity contribution is 0.333. The minimum Gasteiger partial charge on any atom is -0.291 e. The summed E-state index contributed by atoms with van der Waals surface area (Å²) >= 11 is 0. The average Bonchev–Trinajstić information content (AvgIpc) is 3.23. The molecule has 1 atom stereocenters. The van der Waals surface area contributed by atoms with E-state index in [0.29, 0.717) is 18.1 Å². The highest BCUT2D eigenvalue weighted by atomic mass is 15.5. The van der Waals surface area contributed by atoms with Crippen LogP contribution >= 0.6 is 0 Å². The Labute approximate surface area is 127 Å². The van der Waals surface area contributed by atoms with Gasteiger partial charge in [0.2, 0.25) is 0 Å². The highest BCUT2D eigenvalue weighted by Gasteiger charge is 2.17. The Kier molecular flexibility index (Phi) is 5.12. The molecule has 1 aromatic rings. The van der Waals surface area contributed by atoms with E-state index in [1.807, 2.05) is 0 Å². The molecule has 0 bridgehead atoms. The summed E-state index contributed by atoms with van der Waals surface area (Å²) in [6.07, 6.45) is 3.17. The van der Waals surface area contributed by atoms with Crippen molar-refractivity contribution in [3.05, 3.63) is 35.4 Å². The summed E-state index contributed by atoms with van der Waals surface area (Å²) in [5.41, 5.74) is 5.85. The van der Waals surface area contributed by atoms with Crippen molar-refractivity contribution in [2.45, 2.75) is 46.1 Å². The summed E-state index contributed by atoms with van der Waals surface area (Å²) < 4.78 is 0. The summed E-state index contributed by atoms with van der Waals surface area (Å²) in [6.45, 7) is 11.0. The predicted molar refractivity (Wildman–Crippen MR) is 89.7 cm³/mol. The van der Waals surface area contributed by atoms with Crippen LogP contribution in [0.1, 0.15) is 50.8 Å². The Hall–Kier alpha value is -1.68. The van der Waals surface area contributed by atoms with Gasteiger partial charge in [0, 0.05) is 12.5 Å². The molecule has 1 heterocycles. The van der Waals surface area contributed by atoms with E-state index < -0.39 is 0 Å². The fourth-order valence-corrected chi connectivity index (χ4v) is 2.32. The largest absolute Gasteiger partial charge is 0.291 e. The maximum atomic E-state index is 3.99. The maximum absolute atomic E-state index is 3.99. The zero-order chi connectivity index (χ0) is 15.3. The minimum absolute atomic E-state index is 0.333. The fraction of sp³-hybridized carbons (Fsp3) is 0.529. The number of amidine groups is 1. The number of nitrogens with zero attached hydrogens (tertiary/aromatic N) is 2. The van der Waals surface area contributed by atoms with Gasteiger partial charge in [-0.1, -0.05) is 45.0 Å². The maximum Gasteiger partial charge on any atom is 0.147 e. The molecule has 0 spiro atoms. The zero-order valence-electron chi connectivity index (χ0n) is 13.3. The zero-order valence-corrected chi connectivity index (χ0v) is 13.3. The van der Waals surface area contributed by atoms with Crippen LogP contribution in [0, 0.1) is 5.41 Å². The van der Waals surface area contributed by atoms with Crippen LogP contribution in [0.3, 0.4) is 0 Å². The van der Waals surface area contributed by atoms with E-state index in [1.54, 1.807) is 0 Å². The molecule has 0 saturated heterocycles. The van der Waals surface area contributed by atoms with Gasteiger partial charge >= 0.3 is 0 Å². The summed E-state index contributed by atoms with van der Waals surface area (Å²) in [6, 6.07) is 9.12. The molecule has 114 valence electrons. The van der Waals surface area contributed by atoms with Gasteiger partial charge in [0.15, 0.2) is 0 Å². The molecule has 1 aliphatic heterocycles. The van der Waals surface area contributed by atoms with E-state index in [4.69, 9.17) is 0 Å². The SMILES string of the molecule is C=NCNC(CCC(C)(C)C)c1ccc(CC2=NN2)cc1. The monoisotopic (exact) mass is 286 g/mol. The van der Waals surface area contributed by atoms with Gasteiger partial charge in [-0.3, -0.25) is 15.7 Å². The molecule has 1 unspecified atom stereocenters. The Balaban J connectivity index is 1.99. The Bertz CT molecular complexity index is 497. The molecule has 0 aliphatic carbocycles. The first-order valence-electron chi connectivity index (χ1n) is 7.55. The quantitative estimate of drug-likeness (QED) is 0.721. The molecule has 0 aromatic heterocycles. The first kappa shape index (κ1) is 15.7.